The van der Waals surface area contributed by atoms with Gasteiger partial charge in [0, 0.05) is 25.8 Å². The van der Waals surface area contributed by atoms with Gasteiger partial charge < -0.3 is 10.2 Å². The Kier molecular flexibility index (Phi) is 3.97. The van der Waals surface area contributed by atoms with Crippen molar-refractivity contribution in [3.05, 3.63) is 47.9 Å². The molecule has 1 aliphatic rings. The van der Waals surface area contributed by atoms with Gasteiger partial charge in [-0.05, 0) is 36.6 Å². The summed E-state index contributed by atoms with van der Waals surface area (Å²) in [7, 11) is 0. The minimum atomic E-state index is 0.428. The number of anilines is 2. The fourth-order valence-electron chi connectivity index (χ4n) is 2.42. The van der Waals surface area contributed by atoms with Gasteiger partial charge in [-0.3, -0.25) is 0 Å². The number of pyridine rings is 2. The fraction of sp³-hybridized carbons (Fsp3) is 0.312. The summed E-state index contributed by atoms with van der Waals surface area (Å²) in [5.74, 6) is 1.07. The second kappa shape index (κ2) is 6.23. The molecule has 5 nitrogen and oxygen atoms in total. The van der Waals surface area contributed by atoms with Gasteiger partial charge in [-0.1, -0.05) is 6.07 Å². The van der Waals surface area contributed by atoms with Crippen LogP contribution in [0.15, 0.2) is 36.7 Å². The van der Waals surface area contributed by atoms with Gasteiger partial charge in [-0.2, -0.15) is 5.26 Å². The summed E-state index contributed by atoms with van der Waals surface area (Å²) in [5.41, 5.74) is 2.46. The van der Waals surface area contributed by atoms with E-state index >= 15 is 0 Å². The lowest BCUT2D eigenvalue weighted by molar-refractivity contribution is 0.932. The molecule has 5 heteroatoms. The van der Waals surface area contributed by atoms with Crippen LogP contribution in [0, 0.1) is 11.3 Å². The Hall–Kier alpha value is -2.61. The topological polar surface area (TPSA) is 64.8 Å². The summed E-state index contributed by atoms with van der Waals surface area (Å²) in [5, 5.41) is 12.0. The molecule has 0 amide bonds. The van der Waals surface area contributed by atoms with E-state index < -0.39 is 0 Å². The lowest BCUT2D eigenvalue weighted by Gasteiger charge is -2.16. The summed E-state index contributed by atoms with van der Waals surface area (Å²) in [4.78, 5) is 10.9. The van der Waals surface area contributed by atoms with Crippen LogP contribution in [0.5, 0.6) is 0 Å². The van der Waals surface area contributed by atoms with E-state index in [1.54, 1.807) is 12.3 Å². The molecule has 0 spiro atoms. The number of hydrogen-bond donors (Lipinski definition) is 1. The Morgan fingerprint density at radius 2 is 1.95 bits per heavy atom. The second-order valence-electron chi connectivity index (χ2n) is 5.12. The number of rotatable bonds is 4. The van der Waals surface area contributed by atoms with Gasteiger partial charge >= 0.3 is 0 Å². The summed E-state index contributed by atoms with van der Waals surface area (Å²) >= 11 is 0. The molecule has 0 saturated carbocycles. The van der Waals surface area contributed by atoms with Crippen molar-refractivity contribution in [1.29, 1.82) is 5.26 Å². The highest BCUT2D eigenvalue weighted by atomic mass is 15.2. The minimum Gasteiger partial charge on any atom is -0.380 e. The van der Waals surface area contributed by atoms with Crippen LogP contribution in [0.3, 0.4) is 0 Å². The van der Waals surface area contributed by atoms with E-state index in [2.05, 4.69) is 32.3 Å². The zero-order chi connectivity index (χ0) is 14.5. The third kappa shape index (κ3) is 3.29. The molecule has 106 valence electrons. The molecule has 0 bridgehead atoms. The first kappa shape index (κ1) is 13.4. The highest BCUT2D eigenvalue weighted by Gasteiger charge is 2.12. The molecule has 0 unspecified atom stereocenters. The van der Waals surface area contributed by atoms with Gasteiger partial charge in [0.05, 0.1) is 11.9 Å². The van der Waals surface area contributed by atoms with Gasteiger partial charge in [-0.25, -0.2) is 9.97 Å². The predicted molar refractivity (Wildman–Crippen MR) is 82.0 cm³/mol. The molecular formula is C16H17N5. The van der Waals surface area contributed by atoms with Crippen LogP contribution in [0.1, 0.15) is 24.1 Å². The second-order valence-corrected chi connectivity index (χ2v) is 5.12. The van der Waals surface area contributed by atoms with Crippen LogP contribution < -0.4 is 10.2 Å². The highest BCUT2D eigenvalue weighted by Crippen LogP contribution is 2.18. The average molecular weight is 279 g/mol. The molecule has 1 saturated heterocycles. The first-order valence-corrected chi connectivity index (χ1v) is 7.15. The lowest BCUT2D eigenvalue weighted by atomic mass is 10.2. The van der Waals surface area contributed by atoms with E-state index in [1.165, 1.54) is 12.8 Å². The smallest absolute Gasteiger partial charge is 0.140 e. The van der Waals surface area contributed by atoms with Crippen LogP contribution in [-0.2, 0) is 6.54 Å². The number of nitrogens with one attached hydrogen (secondary N) is 1. The molecule has 3 heterocycles. The number of hydrogen-bond acceptors (Lipinski definition) is 5. The molecule has 1 N–H and O–H groups in total. The predicted octanol–water partition coefficient (Wildman–Crippen LogP) is 2.56. The first-order valence-electron chi connectivity index (χ1n) is 7.15. The third-order valence-corrected chi connectivity index (χ3v) is 3.61. The van der Waals surface area contributed by atoms with Crippen LogP contribution in [0.25, 0.3) is 0 Å². The van der Waals surface area contributed by atoms with Gasteiger partial charge in [0.25, 0.3) is 0 Å². The molecule has 0 aromatic carbocycles. The van der Waals surface area contributed by atoms with Crippen molar-refractivity contribution < 1.29 is 0 Å². The zero-order valence-corrected chi connectivity index (χ0v) is 11.8. The van der Waals surface area contributed by atoms with E-state index in [0.29, 0.717) is 12.2 Å². The van der Waals surface area contributed by atoms with E-state index in [1.807, 2.05) is 18.3 Å². The van der Waals surface area contributed by atoms with Crippen LogP contribution in [0.4, 0.5) is 11.5 Å². The Balaban J connectivity index is 1.58. The van der Waals surface area contributed by atoms with Gasteiger partial charge in [-0.15, -0.1) is 0 Å². The first-order chi connectivity index (χ1) is 10.3. The van der Waals surface area contributed by atoms with Gasteiger partial charge in [0.2, 0.25) is 0 Å². The van der Waals surface area contributed by atoms with E-state index in [-0.39, 0.29) is 0 Å². The number of nitrogens with zero attached hydrogens (tertiary/aromatic N) is 4. The van der Waals surface area contributed by atoms with Crippen molar-refractivity contribution >= 4 is 11.5 Å². The average Bonchev–Trinajstić information content (AvgIpc) is 3.08. The fourth-order valence-corrected chi connectivity index (χ4v) is 2.42. The Morgan fingerprint density at radius 1 is 1.10 bits per heavy atom. The maximum atomic E-state index is 8.71. The molecule has 3 rings (SSSR count). The quantitative estimate of drug-likeness (QED) is 0.931. The maximum Gasteiger partial charge on any atom is 0.140 e. The molecular weight excluding hydrogens is 262 g/mol. The Morgan fingerprint density at radius 3 is 2.57 bits per heavy atom. The van der Waals surface area contributed by atoms with Gasteiger partial charge in [0.15, 0.2) is 0 Å². The largest absolute Gasteiger partial charge is 0.380 e. The monoisotopic (exact) mass is 279 g/mol. The van der Waals surface area contributed by atoms with Crippen LogP contribution >= 0.6 is 0 Å². The maximum absolute atomic E-state index is 8.71. The van der Waals surface area contributed by atoms with Crippen molar-refractivity contribution in [2.45, 2.75) is 19.4 Å². The minimum absolute atomic E-state index is 0.428. The standard InChI is InChI=1S/C16H17N5/c17-9-14-4-5-15(12-19-14)18-10-13-3-6-16(20-11-13)21-7-1-2-8-21/h3-6,11-12,18H,1-2,7-8,10H2. The lowest BCUT2D eigenvalue weighted by Crippen LogP contribution is -2.18. The van der Waals surface area contributed by atoms with Crippen LogP contribution in [-0.4, -0.2) is 23.1 Å². The molecule has 0 radical (unpaired) electrons. The summed E-state index contributed by atoms with van der Waals surface area (Å²) in [6.45, 7) is 2.92. The van der Waals surface area contributed by atoms with Crippen LogP contribution in [0.2, 0.25) is 0 Å². The molecule has 2 aromatic heterocycles. The van der Waals surface area contributed by atoms with Crippen molar-refractivity contribution in [1.82, 2.24) is 9.97 Å². The molecule has 1 aliphatic heterocycles. The molecule has 0 aliphatic carbocycles. The Labute approximate surface area is 124 Å². The zero-order valence-electron chi connectivity index (χ0n) is 11.8. The van der Waals surface area contributed by atoms with Crippen molar-refractivity contribution in [3.63, 3.8) is 0 Å². The SMILES string of the molecule is N#Cc1ccc(NCc2ccc(N3CCCC3)nc2)cn1. The molecule has 2 aromatic rings. The Bertz CT molecular complexity index is 621. The third-order valence-electron chi connectivity index (χ3n) is 3.61. The number of nitriles is 1. The highest BCUT2D eigenvalue weighted by molar-refractivity contribution is 5.44. The van der Waals surface area contributed by atoms with Crippen molar-refractivity contribution in [2.75, 3.05) is 23.3 Å². The van der Waals surface area contributed by atoms with E-state index in [0.717, 1.165) is 30.2 Å². The van der Waals surface area contributed by atoms with E-state index in [4.69, 9.17) is 5.26 Å². The summed E-state index contributed by atoms with van der Waals surface area (Å²) in [6, 6.07) is 9.76. The van der Waals surface area contributed by atoms with E-state index in [9.17, 15) is 0 Å². The van der Waals surface area contributed by atoms with Gasteiger partial charge in [0.1, 0.15) is 17.6 Å². The summed E-state index contributed by atoms with van der Waals surface area (Å²) in [6.07, 6.45) is 6.11. The summed E-state index contributed by atoms with van der Waals surface area (Å²) < 4.78 is 0. The van der Waals surface area contributed by atoms with Crippen molar-refractivity contribution in [3.8, 4) is 6.07 Å². The van der Waals surface area contributed by atoms with Crippen molar-refractivity contribution in [2.24, 2.45) is 0 Å². The molecule has 1 fully saturated rings. The normalized spacial score (nSPS) is 14.0. The molecule has 0 atom stereocenters. The number of aromatic nitrogens is 2. The molecule has 21 heavy (non-hydrogen) atoms.